The molecule has 0 bridgehead atoms. The van der Waals surface area contributed by atoms with Crippen molar-refractivity contribution >= 4 is 16.7 Å². The van der Waals surface area contributed by atoms with Crippen LogP contribution in [0.15, 0.2) is 36.5 Å². The van der Waals surface area contributed by atoms with Crippen LogP contribution in [0.4, 0.5) is 0 Å². The summed E-state index contributed by atoms with van der Waals surface area (Å²) in [5, 5.41) is 10.2. The van der Waals surface area contributed by atoms with Gasteiger partial charge in [0.05, 0.1) is 5.39 Å². The van der Waals surface area contributed by atoms with Crippen LogP contribution in [0, 0.1) is 0 Å². The summed E-state index contributed by atoms with van der Waals surface area (Å²) < 4.78 is 3.79. The maximum absolute atomic E-state index is 4.79. The molecule has 24 heavy (non-hydrogen) atoms. The highest BCUT2D eigenvalue weighted by Gasteiger charge is 2.16. The molecule has 0 N–H and O–H groups in total. The Bertz CT molecular complexity index is 983. The second-order valence-electron chi connectivity index (χ2n) is 5.89. The Morgan fingerprint density at radius 3 is 2.58 bits per heavy atom. The van der Waals surface area contributed by atoms with E-state index < -0.39 is 0 Å². The minimum atomic E-state index is 0.729. The first-order valence-corrected chi connectivity index (χ1v) is 8.48. The van der Waals surface area contributed by atoms with Gasteiger partial charge in [0.1, 0.15) is 5.82 Å². The first-order valence-electron chi connectivity index (χ1n) is 8.48. The SMILES string of the molecule is CCCCc1nc2nn(CC)cc2c2nc(-c3ccccc3)nn12. The van der Waals surface area contributed by atoms with Crippen LogP contribution < -0.4 is 0 Å². The third kappa shape index (κ3) is 2.44. The second-order valence-corrected chi connectivity index (χ2v) is 5.89. The topological polar surface area (TPSA) is 60.9 Å². The van der Waals surface area contributed by atoms with E-state index in [1.54, 1.807) is 0 Å². The lowest BCUT2D eigenvalue weighted by atomic mass is 10.2. The lowest BCUT2D eigenvalue weighted by molar-refractivity contribution is 0.663. The van der Waals surface area contributed by atoms with Crippen LogP contribution >= 0.6 is 0 Å². The van der Waals surface area contributed by atoms with E-state index >= 15 is 0 Å². The molecule has 6 heteroatoms. The number of hydrogen-bond acceptors (Lipinski definition) is 4. The molecule has 6 nitrogen and oxygen atoms in total. The van der Waals surface area contributed by atoms with Crippen molar-refractivity contribution in [2.75, 3.05) is 0 Å². The van der Waals surface area contributed by atoms with E-state index in [1.807, 2.05) is 45.7 Å². The van der Waals surface area contributed by atoms with Crippen molar-refractivity contribution in [2.45, 2.75) is 39.7 Å². The van der Waals surface area contributed by atoms with E-state index in [4.69, 9.17) is 15.1 Å². The van der Waals surface area contributed by atoms with Crippen molar-refractivity contribution < 1.29 is 0 Å². The van der Waals surface area contributed by atoms with Crippen LogP contribution in [0.25, 0.3) is 28.1 Å². The molecule has 4 aromatic rings. The van der Waals surface area contributed by atoms with E-state index in [0.29, 0.717) is 0 Å². The molecule has 3 heterocycles. The van der Waals surface area contributed by atoms with Gasteiger partial charge in [-0.15, -0.1) is 5.10 Å². The third-order valence-corrected chi connectivity index (χ3v) is 4.18. The number of rotatable bonds is 5. The van der Waals surface area contributed by atoms with Crippen molar-refractivity contribution in [1.82, 2.24) is 29.4 Å². The minimum Gasteiger partial charge on any atom is -0.270 e. The Labute approximate surface area is 140 Å². The number of nitrogens with zero attached hydrogens (tertiary/aromatic N) is 6. The van der Waals surface area contributed by atoms with Crippen LogP contribution in [0.1, 0.15) is 32.5 Å². The molecular formula is C18H20N6. The maximum Gasteiger partial charge on any atom is 0.186 e. The molecular weight excluding hydrogens is 300 g/mol. The Kier molecular flexibility index (Phi) is 3.72. The minimum absolute atomic E-state index is 0.729. The quantitative estimate of drug-likeness (QED) is 0.564. The van der Waals surface area contributed by atoms with Crippen molar-refractivity contribution in [3.63, 3.8) is 0 Å². The molecule has 0 aliphatic rings. The summed E-state index contributed by atoms with van der Waals surface area (Å²) in [6.45, 7) is 5.06. The normalized spacial score (nSPS) is 11.6. The zero-order chi connectivity index (χ0) is 16.5. The van der Waals surface area contributed by atoms with E-state index in [0.717, 1.165) is 59.7 Å². The smallest absolute Gasteiger partial charge is 0.186 e. The van der Waals surface area contributed by atoms with Crippen molar-refractivity contribution in [2.24, 2.45) is 0 Å². The molecule has 0 unspecified atom stereocenters. The van der Waals surface area contributed by atoms with E-state index in [9.17, 15) is 0 Å². The Morgan fingerprint density at radius 2 is 1.83 bits per heavy atom. The predicted molar refractivity (Wildman–Crippen MR) is 93.8 cm³/mol. The Balaban J connectivity index is 1.96. The van der Waals surface area contributed by atoms with Gasteiger partial charge in [-0.05, 0) is 13.3 Å². The number of fused-ring (bicyclic) bond motifs is 3. The summed E-state index contributed by atoms with van der Waals surface area (Å²) in [5.41, 5.74) is 2.60. The van der Waals surface area contributed by atoms with E-state index in [2.05, 4.69) is 18.9 Å². The zero-order valence-electron chi connectivity index (χ0n) is 14.0. The van der Waals surface area contributed by atoms with Crippen molar-refractivity contribution in [3.05, 3.63) is 42.4 Å². The van der Waals surface area contributed by atoms with Crippen LogP contribution in [0.2, 0.25) is 0 Å². The van der Waals surface area contributed by atoms with Gasteiger partial charge in [0.25, 0.3) is 0 Å². The highest BCUT2D eigenvalue weighted by atomic mass is 15.4. The fourth-order valence-electron chi connectivity index (χ4n) is 2.86. The summed E-state index contributed by atoms with van der Waals surface area (Å²) >= 11 is 0. The maximum atomic E-state index is 4.79. The third-order valence-electron chi connectivity index (χ3n) is 4.18. The monoisotopic (exact) mass is 320 g/mol. The number of aromatic nitrogens is 6. The molecule has 0 spiro atoms. The molecule has 122 valence electrons. The van der Waals surface area contributed by atoms with Crippen LogP contribution in [-0.2, 0) is 13.0 Å². The van der Waals surface area contributed by atoms with Gasteiger partial charge in [-0.2, -0.15) is 9.61 Å². The number of unbranched alkanes of at least 4 members (excludes halogenated alkanes) is 1. The summed E-state index contributed by atoms with van der Waals surface area (Å²) in [6, 6.07) is 10.1. The average molecular weight is 320 g/mol. The summed E-state index contributed by atoms with van der Waals surface area (Å²) in [7, 11) is 0. The molecule has 0 radical (unpaired) electrons. The molecule has 3 aromatic heterocycles. The standard InChI is InChI=1S/C18H20N6/c1-3-5-11-15-19-17-14(12-23(4-2)21-17)18-20-16(22-24(15)18)13-9-7-6-8-10-13/h6-10,12H,3-5,11H2,1-2H3. The van der Waals surface area contributed by atoms with Gasteiger partial charge in [0.2, 0.25) is 0 Å². The van der Waals surface area contributed by atoms with Crippen LogP contribution in [-0.4, -0.2) is 29.4 Å². The number of hydrogen-bond donors (Lipinski definition) is 0. The van der Waals surface area contributed by atoms with Gasteiger partial charge in [-0.25, -0.2) is 9.97 Å². The average Bonchev–Trinajstić information content (AvgIpc) is 3.24. The van der Waals surface area contributed by atoms with E-state index in [1.165, 1.54) is 0 Å². The molecule has 0 aliphatic heterocycles. The van der Waals surface area contributed by atoms with Crippen molar-refractivity contribution in [3.8, 4) is 11.4 Å². The Morgan fingerprint density at radius 1 is 1.00 bits per heavy atom. The van der Waals surface area contributed by atoms with Crippen LogP contribution in [0.5, 0.6) is 0 Å². The highest BCUT2D eigenvalue weighted by molar-refractivity contribution is 5.89. The Hall–Kier alpha value is -2.76. The van der Waals surface area contributed by atoms with Gasteiger partial charge in [0, 0.05) is 24.7 Å². The van der Waals surface area contributed by atoms with E-state index in [-0.39, 0.29) is 0 Å². The van der Waals surface area contributed by atoms with Crippen LogP contribution in [0.3, 0.4) is 0 Å². The molecule has 4 rings (SSSR count). The largest absolute Gasteiger partial charge is 0.270 e. The molecule has 0 amide bonds. The summed E-state index contributed by atoms with van der Waals surface area (Å²) in [4.78, 5) is 9.53. The van der Waals surface area contributed by atoms with Gasteiger partial charge in [0.15, 0.2) is 17.1 Å². The molecule has 0 saturated heterocycles. The number of aryl methyl sites for hydroxylation is 2. The molecule has 0 fully saturated rings. The van der Waals surface area contributed by atoms with Gasteiger partial charge < -0.3 is 0 Å². The summed E-state index contributed by atoms with van der Waals surface area (Å²) in [6.07, 6.45) is 5.07. The second kappa shape index (κ2) is 6.03. The molecule has 0 aliphatic carbocycles. The summed E-state index contributed by atoms with van der Waals surface area (Å²) in [5.74, 6) is 1.65. The predicted octanol–water partition coefficient (Wildman–Crippen LogP) is 3.50. The first kappa shape index (κ1) is 14.8. The molecule has 0 atom stereocenters. The molecule has 0 saturated carbocycles. The van der Waals surface area contributed by atoms with Crippen molar-refractivity contribution in [1.29, 1.82) is 0 Å². The lowest BCUT2D eigenvalue weighted by Gasteiger charge is -2.02. The zero-order valence-corrected chi connectivity index (χ0v) is 14.0. The lowest BCUT2D eigenvalue weighted by Crippen LogP contribution is -2.03. The number of benzene rings is 1. The van der Waals surface area contributed by atoms with Gasteiger partial charge >= 0.3 is 0 Å². The fourth-order valence-corrected chi connectivity index (χ4v) is 2.86. The highest BCUT2D eigenvalue weighted by Crippen LogP contribution is 2.22. The first-order chi connectivity index (χ1) is 11.8. The fraction of sp³-hybridized carbons (Fsp3) is 0.333. The van der Waals surface area contributed by atoms with Gasteiger partial charge in [-0.1, -0.05) is 43.7 Å². The van der Waals surface area contributed by atoms with Gasteiger partial charge in [-0.3, -0.25) is 4.68 Å². The molecule has 1 aromatic carbocycles.